The number of halogens is 1. The van der Waals surface area contributed by atoms with E-state index in [1.807, 2.05) is 19.1 Å². The summed E-state index contributed by atoms with van der Waals surface area (Å²) in [5.41, 5.74) is 1.52. The molecule has 0 spiro atoms. The molecule has 2 aromatic carbocycles. The first-order chi connectivity index (χ1) is 13.8. The highest BCUT2D eigenvalue weighted by molar-refractivity contribution is 7.90. The van der Waals surface area contributed by atoms with Crippen LogP contribution in [0.2, 0.25) is 5.02 Å². The lowest BCUT2D eigenvalue weighted by Crippen LogP contribution is -2.16. The Labute approximate surface area is 172 Å². The summed E-state index contributed by atoms with van der Waals surface area (Å²) in [5.74, 6) is -1.09. The zero-order chi connectivity index (χ0) is 21.0. The molecule has 3 rings (SSSR count). The van der Waals surface area contributed by atoms with Gasteiger partial charge in [0.25, 0.3) is 0 Å². The average Bonchev–Trinajstić information content (AvgIpc) is 2.68. The fourth-order valence-corrected chi connectivity index (χ4v) is 3.84. The summed E-state index contributed by atoms with van der Waals surface area (Å²) in [4.78, 5) is 20.0. The molecule has 0 saturated heterocycles. The van der Waals surface area contributed by atoms with Crippen molar-refractivity contribution in [2.24, 2.45) is 0 Å². The molecular weight excluding hydrogens is 414 g/mol. The fourth-order valence-electron chi connectivity index (χ4n) is 2.48. The van der Waals surface area contributed by atoms with Crippen LogP contribution in [-0.4, -0.2) is 24.4 Å². The largest absolute Gasteiger partial charge is 0.422 e. The molecule has 146 valence electrons. The minimum absolute atomic E-state index is 0.141. The van der Waals surface area contributed by atoms with Crippen molar-refractivity contribution >= 4 is 27.4 Å². The van der Waals surface area contributed by atoms with Crippen molar-refractivity contribution in [2.45, 2.75) is 17.8 Å². The van der Waals surface area contributed by atoms with Gasteiger partial charge in [-0.3, -0.25) is 0 Å². The lowest BCUT2D eigenvalue weighted by Gasteiger charge is -2.08. The monoisotopic (exact) mass is 427 g/mol. The van der Waals surface area contributed by atoms with Crippen LogP contribution in [0, 0.1) is 18.3 Å². The van der Waals surface area contributed by atoms with E-state index in [1.165, 1.54) is 24.3 Å². The van der Waals surface area contributed by atoms with Gasteiger partial charge in [0.2, 0.25) is 15.0 Å². The number of hydrogen-bond donors (Lipinski definition) is 0. The zero-order valence-electron chi connectivity index (χ0n) is 15.2. The number of ether oxygens (including phenoxy) is 1. The molecule has 9 heteroatoms. The number of rotatable bonds is 5. The molecule has 0 atom stereocenters. The van der Waals surface area contributed by atoms with Crippen molar-refractivity contribution in [2.75, 3.05) is 0 Å². The van der Waals surface area contributed by atoms with Gasteiger partial charge in [0, 0.05) is 0 Å². The second-order valence-electron chi connectivity index (χ2n) is 6.12. The summed E-state index contributed by atoms with van der Waals surface area (Å²) in [6.45, 7) is 1.85. The first-order valence-corrected chi connectivity index (χ1v) is 10.3. The maximum absolute atomic E-state index is 12.7. The third-order valence-corrected chi connectivity index (χ3v) is 5.57. The van der Waals surface area contributed by atoms with Crippen LogP contribution in [0.3, 0.4) is 0 Å². The number of esters is 1. The molecule has 3 aromatic rings. The van der Waals surface area contributed by atoms with Gasteiger partial charge < -0.3 is 4.74 Å². The first-order valence-electron chi connectivity index (χ1n) is 8.32. The third kappa shape index (κ3) is 4.96. The summed E-state index contributed by atoms with van der Waals surface area (Å²) in [6.07, 6.45) is 1.05. The average molecular weight is 428 g/mol. The Morgan fingerprint density at radius 3 is 2.59 bits per heavy atom. The Kier molecular flexibility index (Phi) is 5.92. The molecule has 0 saturated carbocycles. The first kappa shape index (κ1) is 20.5. The van der Waals surface area contributed by atoms with Crippen LogP contribution in [0.1, 0.15) is 27.2 Å². The molecule has 0 aliphatic heterocycles. The number of carbonyl (C=O) groups excluding carboxylic acids is 1. The van der Waals surface area contributed by atoms with Crippen LogP contribution >= 0.6 is 11.6 Å². The number of benzene rings is 2. The quantitative estimate of drug-likeness (QED) is 0.348. The SMILES string of the molecule is Cc1cccc(CS(=O)(=O)c2ncc(Cl)c(C(=O)Oc3ccc(C#N)cc3)n2)c1. The van der Waals surface area contributed by atoms with Gasteiger partial charge in [0.05, 0.1) is 28.6 Å². The molecule has 0 unspecified atom stereocenters. The lowest BCUT2D eigenvalue weighted by atomic mass is 10.2. The standard InChI is InChI=1S/C20H14ClN3O4S/c1-13-3-2-4-15(9-13)12-29(26,27)20-23-11-17(21)18(24-20)19(25)28-16-7-5-14(10-22)6-8-16/h2-9,11H,12H2,1H3. The van der Waals surface area contributed by atoms with Gasteiger partial charge in [0.15, 0.2) is 5.69 Å². The summed E-state index contributed by atoms with van der Waals surface area (Å²) in [5, 5.41) is 8.14. The number of nitriles is 1. The molecule has 0 fully saturated rings. The molecule has 0 radical (unpaired) electrons. The van der Waals surface area contributed by atoms with Crippen molar-refractivity contribution < 1.29 is 17.9 Å². The van der Waals surface area contributed by atoms with Gasteiger partial charge in [-0.15, -0.1) is 0 Å². The van der Waals surface area contributed by atoms with Gasteiger partial charge >= 0.3 is 5.97 Å². The van der Waals surface area contributed by atoms with Gasteiger partial charge in [-0.05, 0) is 36.8 Å². The lowest BCUT2D eigenvalue weighted by molar-refractivity contribution is 0.0727. The molecule has 0 N–H and O–H groups in total. The fraction of sp³-hybridized carbons (Fsp3) is 0.100. The highest BCUT2D eigenvalue weighted by Gasteiger charge is 2.24. The van der Waals surface area contributed by atoms with Gasteiger partial charge in [-0.25, -0.2) is 23.2 Å². The van der Waals surface area contributed by atoms with Crippen LogP contribution in [0.5, 0.6) is 5.75 Å². The Bertz CT molecular complexity index is 1220. The van der Waals surface area contributed by atoms with Crippen molar-refractivity contribution in [1.29, 1.82) is 5.26 Å². The van der Waals surface area contributed by atoms with Crippen LogP contribution in [0.4, 0.5) is 0 Å². The molecular formula is C20H14ClN3O4S. The zero-order valence-corrected chi connectivity index (χ0v) is 16.7. The number of sulfone groups is 1. The summed E-state index contributed by atoms with van der Waals surface area (Å²) in [6, 6.07) is 14.8. The molecule has 0 bridgehead atoms. The predicted molar refractivity (Wildman–Crippen MR) is 105 cm³/mol. The van der Waals surface area contributed by atoms with Crippen molar-refractivity contribution in [1.82, 2.24) is 9.97 Å². The Balaban J connectivity index is 1.86. The van der Waals surface area contributed by atoms with Gasteiger partial charge in [-0.2, -0.15) is 5.26 Å². The number of aryl methyl sites for hydroxylation is 1. The molecule has 0 aliphatic rings. The number of aromatic nitrogens is 2. The van der Waals surface area contributed by atoms with E-state index in [0.29, 0.717) is 11.1 Å². The van der Waals surface area contributed by atoms with Crippen LogP contribution in [0.15, 0.2) is 59.9 Å². The van der Waals surface area contributed by atoms with E-state index in [9.17, 15) is 13.2 Å². The van der Waals surface area contributed by atoms with E-state index in [1.54, 1.807) is 18.2 Å². The van der Waals surface area contributed by atoms with E-state index in [-0.39, 0.29) is 22.2 Å². The van der Waals surface area contributed by atoms with Crippen molar-refractivity contribution in [3.8, 4) is 11.8 Å². The van der Waals surface area contributed by atoms with Crippen LogP contribution in [0.25, 0.3) is 0 Å². The third-order valence-electron chi connectivity index (χ3n) is 3.83. The number of nitrogens with zero attached hydrogens (tertiary/aromatic N) is 3. The molecule has 1 aromatic heterocycles. The summed E-state index contributed by atoms with van der Waals surface area (Å²) >= 11 is 5.97. The Morgan fingerprint density at radius 2 is 1.93 bits per heavy atom. The molecule has 0 amide bonds. The van der Waals surface area contributed by atoms with Crippen LogP contribution < -0.4 is 4.74 Å². The van der Waals surface area contributed by atoms with E-state index in [2.05, 4.69) is 9.97 Å². The number of carbonyl (C=O) groups is 1. The summed E-state index contributed by atoms with van der Waals surface area (Å²) in [7, 11) is -3.91. The van der Waals surface area contributed by atoms with Gasteiger partial charge in [0.1, 0.15) is 5.75 Å². The Hall–Kier alpha value is -3.28. The van der Waals surface area contributed by atoms with Crippen molar-refractivity contribution in [3.05, 3.63) is 82.1 Å². The van der Waals surface area contributed by atoms with E-state index >= 15 is 0 Å². The molecule has 29 heavy (non-hydrogen) atoms. The smallest absolute Gasteiger partial charge is 0.364 e. The Morgan fingerprint density at radius 1 is 1.21 bits per heavy atom. The number of hydrogen-bond acceptors (Lipinski definition) is 7. The van der Waals surface area contributed by atoms with Crippen LogP contribution in [-0.2, 0) is 15.6 Å². The highest BCUT2D eigenvalue weighted by Crippen LogP contribution is 2.20. The van der Waals surface area contributed by atoms with Gasteiger partial charge in [-0.1, -0.05) is 41.4 Å². The molecule has 0 aliphatic carbocycles. The maximum atomic E-state index is 12.7. The predicted octanol–water partition coefficient (Wildman–Crippen LogP) is 3.50. The van der Waals surface area contributed by atoms with E-state index < -0.39 is 21.0 Å². The second kappa shape index (κ2) is 8.39. The molecule has 7 nitrogen and oxygen atoms in total. The van der Waals surface area contributed by atoms with E-state index in [0.717, 1.165) is 11.8 Å². The minimum Gasteiger partial charge on any atom is -0.422 e. The summed E-state index contributed by atoms with van der Waals surface area (Å²) < 4.78 is 30.5. The maximum Gasteiger partial charge on any atom is 0.364 e. The second-order valence-corrected chi connectivity index (χ2v) is 8.41. The topological polar surface area (TPSA) is 110 Å². The minimum atomic E-state index is -3.91. The molecule has 1 heterocycles. The highest BCUT2D eigenvalue weighted by atomic mass is 35.5. The van der Waals surface area contributed by atoms with Crippen molar-refractivity contribution in [3.63, 3.8) is 0 Å². The van der Waals surface area contributed by atoms with E-state index in [4.69, 9.17) is 21.6 Å². The normalized spacial score (nSPS) is 10.9.